The normalized spacial score (nSPS) is 36.1. The van der Waals surface area contributed by atoms with Gasteiger partial charge in [0, 0.05) is 0 Å². The Bertz CT molecular complexity index is 944. The molecular formula is C18H24N6O4S. The molecule has 4 amide bonds. The van der Waals surface area contributed by atoms with Gasteiger partial charge in [-0.25, -0.2) is 33.9 Å². The van der Waals surface area contributed by atoms with Crippen molar-refractivity contribution in [2.45, 2.75) is 49.5 Å². The van der Waals surface area contributed by atoms with E-state index in [0.29, 0.717) is 32.1 Å². The van der Waals surface area contributed by atoms with Gasteiger partial charge in [-0.15, -0.1) is 0 Å². The van der Waals surface area contributed by atoms with E-state index in [1.165, 1.54) is 10.0 Å². The lowest BCUT2D eigenvalue weighted by Crippen LogP contribution is -2.62. The molecule has 4 fully saturated rings. The zero-order valence-electron chi connectivity index (χ0n) is 15.8. The molecule has 3 heterocycles. The summed E-state index contributed by atoms with van der Waals surface area (Å²) in [4.78, 5) is 25.0. The minimum Gasteiger partial charge on any atom is -0.317 e. The van der Waals surface area contributed by atoms with Gasteiger partial charge in [-0.3, -0.25) is 5.01 Å². The average Bonchev–Trinajstić information content (AvgIpc) is 3.33. The third-order valence-electron chi connectivity index (χ3n) is 6.32. The van der Waals surface area contributed by atoms with E-state index in [4.69, 9.17) is 0 Å². The number of hydrogen-bond acceptors (Lipinski definition) is 6. The van der Waals surface area contributed by atoms with E-state index in [9.17, 15) is 18.0 Å². The highest BCUT2D eigenvalue weighted by atomic mass is 32.2. The van der Waals surface area contributed by atoms with Crippen LogP contribution in [0.4, 0.5) is 15.3 Å². The predicted molar refractivity (Wildman–Crippen MR) is 105 cm³/mol. The molecule has 1 saturated carbocycles. The number of amides is 4. The number of benzene rings is 1. The largest absolute Gasteiger partial charge is 0.338 e. The summed E-state index contributed by atoms with van der Waals surface area (Å²) in [5.41, 5.74) is 6.15. The van der Waals surface area contributed by atoms with Gasteiger partial charge in [0.1, 0.15) is 11.3 Å². The molecule has 0 unspecified atom stereocenters. The van der Waals surface area contributed by atoms with Crippen LogP contribution in [0.1, 0.15) is 32.1 Å². The average molecular weight is 420 g/mol. The summed E-state index contributed by atoms with van der Waals surface area (Å²) in [5, 5.41) is 9.05. The molecule has 0 aromatic heterocycles. The minimum atomic E-state index is -3.08. The van der Waals surface area contributed by atoms with Crippen molar-refractivity contribution in [2.24, 2.45) is 0 Å². The van der Waals surface area contributed by atoms with Crippen LogP contribution in [0.5, 0.6) is 0 Å². The summed E-state index contributed by atoms with van der Waals surface area (Å²) >= 11 is 0. The quantitative estimate of drug-likeness (QED) is 0.549. The molecule has 3 aliphatic heterocycles. The van der Waals surface area contributed by atoms with Crippen LogP contribution >= 0.6 is 0 Å². The lowest BCUT2D eigenvalue weighted by Gasteiger charge is -2.42. The molecule has 3 saturated heterocycles. The molecule has 1 atom stereocenters. The number of urea groups is 2. The van der Waals surface area contributed by atoms with Crippen molar-refractivity contribution >= 4 is 27.6 Å². The molecule has 156 valence electrons. The molecule has 1 aromatic carbocycles. The number of carbonyl (C=O) groups is 2. The van der Waals surface area contributed by atoms with Crippen LogP contribution in [0.3, 0.4) is 0 Å². The third-order valence-corrected chi connectivity index (χ3v) is 8.07. The molecule has 10 nitrogen and oxygen atoms in total. The second-order valence-electron chi connectivity index (χ2n) is 8.35. The zero-order valence-corrected chi connectivity index (χ0v) is 16.7. The van der Waals surface area contributed by atoms with Crippen LogP contribution in [-0.4, -0.2) is 54.4 Å². The number of nitrogens with zero attached hydrogens (tertiary/aromatic N) is 2. The molecule has 1 aromatic rings. The first kappa shape index (κ1) is 18.6. The van der Waals surface area contributed by atoms with Gasteiger partial charge in [0.15, 0.2) is 9.84 Å². The third kappa shape index (κ3) is 3.22. The smallest absolute Gasteiger partial charge is 0.317 e. The van der Waals surface area contributed by atoms with Gasteiger partial charge in [-0.1, -0.05) is 18.2 Å². The number of anilines is 1. The Kier molecular flexibility index (Phi) is 4.06. The number of nitrogens with one attached hydrogen (secondary N) is 4. The fourth-order valence-electron chi connectivity index (χ4n) is 4.70. The number of hydrogen-bond donors (Lipinski definition) is 4. The van der Waals surface area contributed by atoms with Crippen LogP contribution in [-0.2, 0) is 9.84 Å². The Labute approximate surface area is 168 Å². The monoisotopic (exact) mass is 420 g/mol. The highest BCUT2D eigenvalue weighted by Gasteiger charge is 2.54. The van der Waals surface area contributed by atoms with Gasteiger partial charge >= 0.3 is 12.1 Å². The van der Waals surface area contributed by atoms with Crippen LogP contribution in [0.2, 0.25) is 0 Å². The highest BCUT2D eigenvalue weighted by Crippen LogP contribution is 2.37. The maximum atomic E-state index is 12.5. The van der Waals surface area contributed by atoms with Crippen molar-refractivity contribution in [2.75, 3.05) is 16.5 Å². The van der Waals surface area contributed by atoms with Gasteiger partial charge in [-0.05, 0) is 44.2 Å². The highest BCUT2D eigenvalue weighted by molar-refractivity contribution is 7.91. The van der Waals surface area contributed by atoms with Gasteiger partial charge in [-0.2, -0.15) is 0 Å². The van der Waals surface area contributed by atoms with E-state index in [-0.39, 0.29) is 29.6 Å². The fraction of sp³-hybridized carbons (Fsp3) is 0.556. The maximum Gasteiger partial charge on any atom is 0.338 e. The summed E-state index contributed by atoms with van der Waals surface area (Å²) in [6.45, 7) is 0. The molecule has 0 radical (unpaired) electrons. The van der Waals surface area contributed by atoms with E-state index < -0.39 is 21.2 Å². The Balaban J connectivity index is 1.26. The second-order valence-corrected chi connectivity index (χ2v) is 10.6. The Morgan fingerprint density at radius 2 is 1.52 bits per heavy atom. The first-order valence-corrected chi connectivity index (χ1v) is 11.7. The number of hydrazine groups is 2. The van der Waals surface area contributed by atoms with Crippen LogP contribution < -0.4 is 26.5 Å². The van der Waals surface area contributed by atoms with Crippen molar-refractivity contribution in [3.8, 4) is 0 Å². The molecular weight excluding hydrogens is 396 g/mol. The molecule has 29 heavy (non-hydrogen) atoms. The summed E-state index contributed by atoms with van der Waals surface area (Å²) in [7, 11) is -3.08. The number of rotatable bonds is 2. The second kappa shape index (κ2) is 6.31. The summed E-state index contributed by atoms with van der Waals surface area (Å²) in [6, 6.07) is 8.55. The lowest BCUT2D eigenvalue weighted by molar-refractivity contribution is 0.0917. The minimum absolute atomic E-state index is 0.00289. The molecule has 4 aliphatic rings. The van der Waals surface area contributed by atoms with E-state index in [2.05, 4.69) is 21.5 Å². The van der Waals surface area contributed by atoms with Gasteiger partial charge in [0.05, 0.1) is 23.2 Å². The van der Waals surface area contributed by atoms with Gasteiger partial charge in [0.25, 0.3) is 0 Å². The first-order chi connectivity index (χ1) is 13.8. The van der Waals surface area contributed by atoms with Crippen LogP contribution in [0.15, 0.2) is 30.3 Å². The number of para-hydroxylation sites is 1. The Morgan fingerprint density at radius 1 is 0.897 bits per heavy atom. The van der Waals surface area contributed by atoms with Gasteiger partial charge in [0.2, 0.25) is 0 Å². The summed E-state index contributed by atoms with van der Waals surface area (Å²) in [5.74, 6) is 0.113. The van der Waals surface area contributed by atoms with Crippen LogP contribution in [0.25, 0.3) is 0 Å². The molecule has 11 heteroatoms. The van der Waals surface area contributed by atoms with Crippen molar-refractivity contribution < 1.29 is 18.0 Å². The van der Waals surface area contributed by atoms with Crippen molar-refractivity contribution in [1.82, 2.24) is 26.5 Å². The summed E-state index contributed by atoms with van der Waals surface area (Å²) < 4.78 is 23.6. The number of sulfone groups is 1. The maximum absolute atomic E-state index is 12.5. The summed E-state index contributed by atoms with van der Waals surface area (Å²) in [6.07, 6.45) is 2.89. The van der Waals surface area contributed by atoms with E-state index in [1.54, 1.807) is 0 Å². The number of carbonyl (C=O) groups excluding carboxylic acids is 2. The van der Waals surface area contributed by atoms with Crippen molar-refractivity contribution in [3.05, 3.63) is 30.3 Å². The van der Waals surface area contributed by atoms with E-state index >= 15 is 0 Å². The van der Waals surface area contributed by atoms with Gasteiger partial charge < -0.3 is 10.6 Å². The SMILES string of the molecule is O=C1NC2(CCC3(CC2)NC(=O)N([C@H]2CCS(=O)(=O)C2)N3)NN1c1ccccc1. The van der Waals surface area contributed by atoms with Crippen molar-refractivity contribution in [3.63, 3.8) is 0 Å². The molecule has 0 bridgehead atoms. The standard InChI is InChI=1S/C18H24N6O4S/c25-15-19-17(21-23(15)13-4-2-1-3-5-13)7-9-18(10-8-17)20-16(26)24(22-18)14-6-11-29(27,28)12-14/h1-5,14,21-22H,6-12H2,(H,19,25)(H,20,26)/t14-,17?,18?/m0/s1. The van der Waals surface area contributed by atoms with Crippen molar-refractivity contribution in [1.29, 1.82) is 0 Å². The van der Waals surface area contributed by atoms with E-state index in [1.807, 2.05) is 30.3 Å². The lowest BCUT2D eigenvalue weighted by atomic mass is 9.82. The molecule has 2 spiro atoms. The van der Waals surface area contributed by atoms with E-state index in [0.717, 1.165) is 5.69 Å². The Hall–Kier alpha value is -2.37. The predicted octanol–water partition coefficient (Wildman–Crippen LogP) is 0.404. The fourth-order valence-corrected chi connectivity index (χ4v) is 6.40. The zero-order chi connectivity index (χ0) is 20.3. The molecule has 1 aliphatic carbocycles. The molecule has 5 rings (SSSR count). The van der Waals surface area contributed by atoms with Crippen LogP contribution in [0, 0.1) is 0 Å². The molecule has 4 N–H and O–H groups in total. The Morgan fingerprint density at radius 3 is 2.14 bits per heavy atom. The topological polar surface area (TPSA) is 123 Å². The first-order valence-electron chi connectivity index (χ1n) is 9.84.